The molecule has 0 bridgehead atoms. The van der Waals surface area contributed by atoms with Gasteiger partial charge in [-0.3, -0.25) is 9.78 Å². The van der Waals surface area contributed by atoms with Crippen molar-refractivity contribution < 1.29 is 14.9 Å². The van der Waals surface area contributed by atoms with Gasteiger partial charge in [0, 0.05) is 6.20 Å². The highest BCUT2D eigenvalue weighted by Crippen LogP contribution is 2.22. The van der Waals surface area contributed by atoms with E-state index in [9.17, 15) is 9.90 Å². The Hall–Kier alpha value is -1.92. The van der Waals surface area contributed by atoms with Crippen LogP contribution in [0, 0.1) is 0 Å². The maximum atomic E-state index is 11.7. The van der Waals surface area contributed by atoms with E-state index < -0.39 is 0 Å². The zero-order chi connectivity index (χ0) is 12.3. The SMILES string of the molecule is CCOOCc1[nH]c(=O)c2cccnc2c1O. The van der Waals surface area contributed by atoms with Crippen molar-refractivity contribution in [1.29, 1.82) is 0 Å². The predicted molar refractivity (Wildman–Crippen MR) is 60.4 cm³/mol. The van der Waals surface area contributed by atoms with Gasteiger partial charge in [0.05, 0.1) is 17.7 Å². The maximum absolute atomic E-state index is 11.7. The normalized spacial score (nSPS) is 10.9. The second-order valence-electron chi connectivity index (χ2n) is 3.35. The van der Waals surface area contributed by atoms with Crippen molar-refractivity contribution in [1.82, 2.24) is 9.97 Å². The Morgan fingerprint density at radius 1 is 1.47 bits per heavy atom. The average Bonchev–Trinajstić information content (AvgIpc) is 2.36. The second-order valence-corrected chi connectivity index (χ2v) is 3.35. The van der Waals surface area contributed by atoms with Crippen LogP contribution in [0.2, 0.25) is 0 Å². The number of nitrogens with one attached hydrogen (secondary N) is 1. The van der Waals surface area contributed by atoms with Gasteiger partial charge in [-0.05, 0) is 19.1 Å². The van der Waals surface area contributed by atoms with Crippen LogP contribution in [0.25, 0.3) is 10.9 Å². The Bertz CT molecular complexity index is 579. The summed E-state index contributed by atoms with van der Waals surface area (Å²) in [7, 11) is 0. The lowest BCUT2D eigenvalue weighted by Gasteiger charge is -2.06. The lowest BCUT2D eigenvalue weighted by molar-refractivity contribution is -0.301. The van der Waals surface area contributed by atoms with E-state index >= 15 is 0 Å². The molecule has 2 N–H and O–H groups in total. The van der Waals surface area contributed by atoms with E-state index in [2.05, 4.69) is 9.97 Å². The van der Waals surface area contributed by atoms with E-state index in [1.807, 2.05) is 0 Å². The number of hydrogen-bond acceptors (Lipinski definition) is 5. The molecule has 17 heavy (non-hydrogen) atoms. The summed E-state index contributed by atoms with van der Waals surface area (Å²) in [5.74, 6) is -0.0973. The summed E-state index contributed by atoms with van der Waals surface area (Å²) >= 11 is 0. The van der Waals surface area contributed by atoms with Crippen LogP contribution >= 0.6 is 0 Å². The van der Waals surface area contributed by atoms with Gasteiger partial charge in [-0.15, -0.1) is 0 Å². The molecule has 0 amide bonds. The average molecular weight is 236 g/mol. The number of nitrogens with zero attached hydrogens (tertiary/aromatic N) is 1. The molecule has 0 saturated carbocycles. The molecule has 6 heteroatoms. The summed E-state index contributed by atoms with van der Waals surface area (Å²) in [5.41, 5.74) is 0.182. The lowest BCUT2D eigenvalue weighted by atomic mass is 10.2. The number of fused-ring (bicyclic) bond motifs is 1. The molecule has 90 valence electrons. The van der Waals surface area contributed by atoms with Crippen LogP contribution in [0.5, 0.6) is 5.75 Å². The number of aromatic nitrogens is 2. The largest absolute Gasteiger partial charge is 0.504 e. The number of aromatic hydroxyl groups is 1. The first-order chi connectivity index (χ1) is 8.24. The van der Waals surface area contributed by atoms with Gasteiger partial charge in [-0.1, -0.05) is 0 Å². The number of hydrogen-bond donors (Lipinski definition) is 2. The first kappa shape index (κ1) is 11.6. The standard InChI is InChI=1S/C11H12N2O4/c1-2-16-17-6-8-10(14)9-7(11(15)13-8)4-3-5-12-9/h3-5,14H,2,6H2,1H3,(H,13,15). The van der Waals surface area contributed by atoms with Crippen LogP contribution in [0.15, 0.2) is 23.1 Å². The third kappa shape index (κ3) is 2.27. The summed E-state index contributed by atoms with van der Waals surface area (Å²) in [5, 5.41) is 10.2. The highest BCUT2D eigenvalue weighted by atomic mass is 17.2. The fourth-order valence-corrected chi connectivity index (χ4v) is 1.47. The third-order valence-corrected chi connectivity index (χ3v) is 2.23. The van der Waals surface area contributed by atoms with Gasteiger partial charge < -0.3 is 10.1 Å². The van der Waals surface area contributed by atoms with E-state index in [1.54, 1.807) is 19.1 Å². The summed E-state index contributed by atoms with van der Waals surface area (Å²) in [6, 6.07) is 3.22. The van der Waals surface area contributed by atoms with E-state index in [0.29, 0.717) is 12.0 Å². The smallest absolute Gasteiger partial charge is 0.257 e. The first-order valence-corrected chi connectivity index (χ1v) is 5.17. The van der Waals surface area contributed by atoms with Crippen molar-refractivity contribution in [2.24, 2.45) is 0 Å². The highest BCUT2D eigenvalue weighted by molar-refractivity contribution is 5.83. The molecule has 2 heterocycles. The Morgan fingerprint density at radius 3 is 3.06 bits per heavy atom. The number of H-pyrrole nitrogens is 1. The van der Waals surface area contributed by atoms with Gasteiger partial charge in [0.15, 0.2) is 5.75 Å². The number of rotatable bonds is 4. The van der Waals surface area contributed by atoms with E-state index in [4.69, 9.17) is 9.78 Å². The molecule has 2 aromatic rings. The van der Waals surface area contributed by atoms with Gasteiger partial charge in [0.25, 0.3) is 5.56 Å². The minimum atomic E-state index is -0.319. The van der Waals surface area contributed by atoms with Crippen molar-refractivity contribution in [3.8, 4) is 5.75 Å². The quantitative estimate of drug-likeness (QED) is 0.471. The third-order valence-electron chi connectivity index (χ3n) is 2.23. The molecule has 0 aliphatic rings. The fraction of sp³-hybridized carbons (Fsp3) is 0.273. The fourth-order valence-electron chi connectivity index (χ4n) is 1.47. The van der Waals surface area contributed by atoms with Crippen molar-refractivity contribution in [3.63, 3.8) is 0 Å². The van der Waals surface area contributed by atoms with Crippen LogP contribution in [0.1, 0.15) is 12.6 Å². The lowest BCUT2D eigenvalue weighted by Crippen LogP contribution is -2.11. The monoisotopic (exact) mass is 236 g/mol. The van der Waals surface area contributed by atoms with Crippen LogP contribution in [-0.4, -0.2) is 21.7 Å². The van der Waals surface area contributed by atoms with E-state index in [0.717, 1.165) is 0 Å². The first-order valence-electron chi connectivity index (χ1n) is 5.17. The zero-order valence-corrected chi connectivity index (χ0v) is 9.27. The molecule has 2 rings (SSSR count). The molecule has 0 unspecified atom stereocenters. The van der Waals surface area contributed by atoms with E-state index in [-0.39, 0.29) is 29.1 Å². The van der Waals surface area contributed by atoms with Crippen LogP contribution in [0.4, 0.5) is 0 Å². The Kier molecular flexibility index (Phi) is 3.36. The number of aromatic amines is 1. The Morgan fingerprint density at radius 2 is 2.29 bits per heavy atom. The van der Waals surface area contributed by atoms with Gasteiger partial charge in [0.2, 0.25) is 0 Å². The topological polar surface area (TPSA) is 84.4 Å². The molecular formula is C11H12N2O4. The second kappa shape index (κ2) is 4.94. The summed E-state index contributed by atoms with van der Waals surface area (Å²) in [4.78, 5) is 27.7. The predicted octanol–water partition coefficient (Wildman–Crippen LogP) is 1.10. The molecule has 2 aromatic heterocycles. The van der Waals surface area contributed by atoms with E-state index in [1.165, 1.54) is 6.20 Å². The molecule has 0 aromatic carbocycles. The molecule has 0 fully saturated rings. The van der Waals surface area contributed by atoms with Crippen LogP contribution < -0.4 is 5.56 Å². The van der Waals surface area contributed by atoms with Crippen molar-refractivity contribution in [3.05, 3.63) is 34.4 Å². The van der Waals surface area contributed by atoms with Crippen molar-refractivity contribution >= 4 is 10.9 Å². The van der Waals surface area contributed by atoms with Crippen LogP contribution in [-0.2, 0) is 16.4 Å². The van der Waals surface area contributed by atoms with Crippen molar-refractivity contribution in [2.45, 2.75) is 13.5 Å². The molecular weight excluding hydrogens is 224 g/mol. The van der Waals surface area contributed by atoms with Gasteiger partial charge in [-0.25, -0.2) is 9.78 Å². The Balaban J connectivity index is 2.44. The van der Waals surface area contributed by atoms with Crippen LogP contribution in [0.3, 0.4) is 0 Å². The summed E-state index contributed by atoms with van der Waals surface area (Å²) < 4.78 is 0. The van der Waals surface area contributed by atoms with Crippen molar-refractivity contribution in [2.75, 3.05) is 6.61 Å². The molecule has 0 saturated heterocycles. The molecule has 0 aliphatic carbocycles. The molecule has 0 radical (unpaired) electrons. The molecule has 0 aliphatic heterocycles. The van der Waals surface area contributed by atoms with Gasteiger partial charge in [-0.2, -0.15) is 0 Å². The molecule has 0 spiro atoms. The van der Waals surface area contributed by atoms with Gasteiger partial charge in [0.1, 0.15) is 12.1 Å². The summed E-state index contributed by atoms with van der Waals surface area (Å²) in [6.07, 6.45) is 1.51. The van der Waals surface area contributed by atoms with Gasteiger partial charge >= 0.3 is 0 Å². The number of pyridine rings is 2. The maximum Gasteiger partial charge on any atom is 0.257 e. The highest BCUT2D eigenvalue weighted by Gasteiger charge is 2.11. The zero-order valence-electron chi connectivity index (χ0n) is 9.27. The molecule has 0 atom stereocenters. The Labute approximate surface area is 96.8 Å². The summed E-state index contributed by atoms with van der Waals surface area (Å²) in [6.45, 7) is 2.11. The minimum absolute atomic E-state index is 0.0403. The minimum Gasteiger partial charge on any atom is -0.504 e. The molecule has 6 nitrogen and oxygen atoms in total.